The number of aromatic hydroxyl groups is 1. The van der Waals surface area contributed by atoms with Crippen molar-refractivity contribution in [1.82, 2.24) is 10.0 Å². The lowest BCUT2D eigenvalue weighted by Gasteiger charge is -2.11. The Hall–Kier alpha value is -2.38. The number of rotatable bonds is 6. The van der Waals surface area contributed by atoms with Crippen molar-refractivity contribution < 1.29 is 18.3 Å². The Morgan fingerprint density at radius 3 is 2.50 bits per heavy atom. The van der Waals surface area contributed by atoms with Gasteiger partial charge in [0.1, 0.15) is 5.75 Å². The molecule has 2 rings (SSSR count). The molecule has 128 valence electrons. The van der Waals surface area contributed by atoms with Gasteiger partial charge in [-0.3, -0.25) is 4.79 Å². The standard InChI is InChI=1S/C17H20N2O4S/c1-12-7-8-13(2)16(11-12)24(22,23)19-10-9-18-17(21)14-5-3-4-6-15(14)20/h3-8,11,19-20H,9-10H2,1-2H3,(H,18,21). The minimum absolute atomic E-state index is 0.0506. The molecule has 0 aliphatic heterocycles. The average Bonchev–Trinajstić information content (AvgIpc) is 2.54. The number of hydrogen-bond donors (Lipinski definition) is 3. The van der Waals surface area contributed by atoms with E-state index in [0.29, 0.717) is 5.56 Å². The number of nitrogens with one attached hydrogen (secondary N) is 2. The van der Waals surface area contributed by atoms with E-state index in [4.69, 9.17) is 0 Å². The first-order chi connectivity index (χ1) is 11.3. The fraction of sp³-hybridized carbons (Fsp3) is 0.235. The Balaban J connectivity index is 1.93. The van der Waals surface area contributed by atoms with E-state index in [0.717, 1.165) is 5.56 Å². The summed E-state index contributed by atoms with van der Waals surface area (Å²) in [7, 11) is -3.63. The Bertz CT molecular complexity index is 847. The smallest absolute Gasteiger partial charge is 0.255 e. The number of hydrogen-bond acceptors (Lipinski definition) is 4. The van der Waals surface area contributed by atoms with Gasteiger partial charge in [-0.15, -0.1) is 0 Å². The predicted octanol–water partition coefficient (Wildman–Crippen LogP) is 1.72. The minimum atomic E-state index is -3.63. The summed E-state index contributed by atoms with van der Waals surface area (Å²) in [5.41, 5.74) is 1.66. The number of carbonyl (C=O) groups excluding carboxylic acids is 1. The van der Waals surface area contributed by atoms with Gasteiger partial charge in [-0.05, 0) is 43.2 Å². The van der Waals surface area contributed by atoms with Crippen LogP contribution in [0.15, 0.2) is 47.4 Å². The third-order valence-corrected chi connectivity index (χ3v) is 5.09. The number of phenolic OH excluding ortho intramolecular Hbond substituents is 1. The van der Waals surface area contributed by atoms with Gasteiger partial charge in [0.25, 0.3) is 5.91 Å². The summed E-state index contributed by atoms with van der Waals surface area (Å²) in [6.45, 7) is 3.71. The molecule has 0 heterocycles. The molecular formula is C17H20N2O4S. The number of amides is 1. The molecule has 0 saturated carbocycles. The highest BCUT2D eigenvalue weighted by Crippen LogP contribution is 2.16. The van der Waals surface area contributed by atoms with Crippen molar-refractivity contribution in [1.29, 1.82) is 0 Å². The molecule has 24 heavy (non-hydrogen) atoms. The van der Waals surface area contributed by atoms with Crippen molar-refractivity contribution in [2.75, 3.05) is 13.1 Å². The quantitative estimate of drug-likeness (QED) is 0.693. The molecule has 2 aromatic carbocycles. The molecule has 0 radical (unpaired) electrons. The van der Waals surface area contributed by atoms with E-state index in [9.17, 15) is 18.3 Å². The van der Waals surface area contributed by atoms with E-state index in [-0.39, 0.29) is 29.3 Å². The number of para-hydroxylation sites is 1. The number of carbonyl (C=O) groups is 1. The molecule has 0 atom stereocenters. The van der Waals surface area contributed by atoms with Crippen LogP contribution in [0.4, 0.5) is 0 Å². The molecule has 6 nitrogen and oxygen atoms in total. The second-order valence-corrected chi connectivity index (χ2v) is 7.18. The summed E-state index contributed by atoms with van der Waals surface area (Å²) in [6, 6.07) is 11.4. The lowest BCUT2D eigenvalue weighted by Crippen LogP contribution is -2.35. The largest absolute Gasteiger partial charge is 0.507 e. The lowest BCUT2D eigenvalue weighted by atomic mass is 10.2. The fourth-order valence-corrected chi connectivity index (χ4v) is 3.56. The molecule has 0 aromatic heterocycles. The Labute approximate surface area is 141 Å². The SMILES string of the molecule is Cc1ccc(C)c(S(=O)(=O)NCCNC(=O)c2ccccc2O)c1. The second kappa shape index (κ2) is 7.46. The molecule has 0 saturated heterocycles. The van der Waals surface area contributed by atoms with Gasteiger partial charge in [0, 0.05) is 13.1 Å². The van der Waals surface area contributed by atoms with Gasteiger partial charge in [-0.25, -0.2) is 13.1 Å². The van der Waals surface area contributed by atoms with E-state index < -0.39 is 15.9 Å². The summed E-state index contributed by atoms with van der Waals surface area (Å²) < 4.78 is 27.1. The molecule has 0 fully saturated rings. The molecule has 0 unspecified atom stereocenters. The molecule has 0 spiro atoms. The first-order valence-corrected chi connectivity index (χ1v) is 8.92. The van der Waals surface area contributed by atoms with E-state index in [2.05, 4.69) is 10.0 Å². The van der Waals surface area contributed by atoms with Crippen LogP contribution in [0.1, 0.15) is 21.5 Å². The van der Waals surface area contributed by atoms with Gasteiger partial charge < -0.3 is 10.4 Å². The zero-order valence-electron chi connectivity index (χ0n) is 13.5. The van der Waals surface area contributed by atoms with Crippen LogP contribution in [-0.4, -0.2) is 32.5 Å². The van der Waals surface area contributed by atoms with Crippen molar-refractivity contribution >= 4 is 15.9 Å². The number of sulfonamides is 1. The summed E-state index contributed by atoms with van der Waals surface area (Å²) in [5, 5.41) is 12.2. The molecule has 2 aromatic rings. The average molecular weight is 348 g/mol. The molecule has 1 amide bonds. The highest BCUT2D eigenvalue weighted by molar-refractivity contribution is 7.89. The Morgan fingerprint density at radius 1 is 1.08 bits per heavy atom. The van der Waals surface area contributed by atoms with E-state index in [1.807, 2.05) is 13.0 Å². The van der Waals surface area contributed by atoms with Crippen LogP contribution in [0.2, 0.25) is 0 Å². The number of benzene rings is 2. The molecule has 7 heteroatoms. The Morgan fingerprint density at radius 2 is 1.79 bits per heavy atom. The van der Waals surface area contributed by atoms with Crippen LogP contribution in [0.5, 0.6) is 5.75 Å². The monoisotopic (exact) mass is 348 g/mol. The molecule has 0 aliphatic rings. The van der Waals surface area contributed by atoms with Crippen LogP contribution in [-0.2, 0) is 10.0 Å². The van der Waals surface area contributed by atoms with Crippen molar-refractivity contribution in [3.8, 4) is 5.75 Å². The van der Waals surface area contributed by atoms with E-state index in [1.165, 1.54) is 12.1 Å². The molecular weight excluding hydrogens is 328 g/mol. The Kier molecular flexibility index (Phi) is 5.58. The summed E-state index contributed by atoms with van der Waals surface area (Å²) in [4.78, 5) is 12.1. The van der Waals surface area contributed by atoms with Gasteiger partial charge in [-0.1, -0.05) is 24.3 Å². The predicted molar refractivity (Wildman–Crippen MR) is 91.5 cm³/mol. The highest BCUT2D eigenvalue weighted by atomic mass is 32.2. The third-order valence-electron chi connectivity index (χ3n) is 3.48. The van der Waals surface area contributed by atoms with Crippen LogP contribution in [0.3, 0.4) is 0 Å². The first kappa shape index (κ1) is 18.0. The van der Waals surface area contributed by atoms with Crippen molar-refractivity contribution in [3.63, 3.8) is 0 Å². The van der Waals surface area contributed by atoms with Crippen LogP contribution in [0, 0.1) is 13.8 Å². The van der Waals surface area contributed by atoms with Gasteiger partial charge in [0.2, 0.25) is 10.0 Å². The van der Waals surface area contributed by atoms with E-state index >= 15 is 0 Å². The topological polar surface area (TPSA) is 95.5 Å². The van der Waals surface area contributed by atoms with Crippen molar-refractivity contribution in [2.45, 2.75) is 18.7 Å². The summed E-state index contributed by atoms with van der Waals surface area (Å²) in [6.07, 6.45) is 0. The zero-order valence-corrected chi connectivity index (χ0v) is 14.4. The molecule has 0 bridgehead atoms. The normalized spacial score (nSPS) is 11.2. The van der Waals surface area contributed by atoms with Crippen molar-refractivity contribution in [3.05, 3.63) is 59.2 Å². The van der Waals surface area contributed by atoms with Crippen molar-refractivity contribution in [2.24, 2.45) is 0 Å². The van der Waals surface area contributed by atoms with Gasteiger partial charge in [0.05, 0.1) is 10.5 Å². The second-order valence-electron chi connectivity index (χ2n) is 5.44. The highest BCUT2D eigenvalue weighted by Gasteiger charge is 2.16. The maximum Gasteiger partial charge on any atom is 0.255 e. The lowest BCUT2D eigenvalue weighted by molar-refractivity contribution is 0.0951. The van der Waals surface area contributed by atoms with E-state index in [1.54, 1.807) is 31.2 Å². The first-order valence-electron chi connectivity index (χ1n) is 7.44. The third kappa shape index (κ3) is 4.33. The molecule has 3 N–H and O–H groups in total. The summed E-state index contributed by atoms with van der Waals surface area (Å²) in [5.74, 6) is -0.579. The summed E-state index contributed by atoms with van der Waals surface area (Å²) >= 11 is 0. The minimum Gasteiger partial charge on any atom is -0.507 e. The van der Waals surface area contributed by atoms with Crippen LogP contribution in [0.25, 0.3) is 0 Å². The zero-order chi connectivity index (χ0) is 17.7. The van der Waals surface area contributed by atoms with Crippen LogP contribution >= 0.6 is 0 Å². The fourth-order valence-electron chi connectivity index (χ4n) is 2.20. The number of aryl methyl sites for hydroxylation is 2. The molecule has 0 aliphatic carbocycles. The van der Waals surface area contributed by atoms with Gasteiger partial charge in [-0.2, -0.15) is 0 Å². The number of phenols is 1. The van der Waals surface area contributed by atoms with Gasteiger partial charge >= 0.3 is 0 Å². The van der Waals surface area contributed by atoms with Crippen LogP contribution < -0.4 is 10.0 Å². The maximum atomic E-state index is 12.3. The van der Waals surface area contributed by atoms with Gasteiger partial charge in [0.15, 0.2) is 0 Å². The maximum absolute atomic E-state index is 12.3.